The third-order valence-electron chi connectivity index (χ3n) is 3.29. The van der Waals surface area contributed by atoms with Crippen molar-refractivity contribution in [3.63, 3.8) is 0 Å². The van der Waals surface area contributed by atoms with Gasteiger partial charge in [-0.3, -0.25) is 4.79 Å². The summed E-state index contributed by atoms with van der Waals surface area (Å²) in [6.07, 6.45) is 4.40. The molecule has 0 fully saturated rings. The van der Waals surface area contributed by atoms with Gasteiger partial charge in [-0.25, -0.2) is 19.9 Å². The minimum atomic E-state index is -0.463. The maximum atomic E-state index is 12.5. The van der Waals surface area contributed by atoms with Crippen LogP contribution >= 0.6 is 11.9 Å². The highest BCUT2D eigenvalue weighted by atomic mass is 35.5. The number of amides is 1. The van der Waals surface area contributed by atoms with Gasteiger partial charge in [0.15, 0.2) is 11.5 Å². The topological polar surface area (TPSA) is 118 Å². The molecule has 3 aromatic rings. The van der Waals surface area contributed by atoms with Gasteiger partial charge >= 0.3 is 0 Å². The van der Waals surface area contributed by atoms with E-state index in [1.807, 2.05) is 0 Å². The van der Waals surface area contributed by atoms with Crippen LogP contribution in [0.15, 0.2) is 42.9 Å². The number of rotatable bonds is 7. The van der Waals surface area contributed by atoms with Crippen LogP contribution in [0.2, 0.25) is 0 Å². The number of anilines is 1. The molecule has 10 nitrogen and oxygen atoms in total. The summed E-state index contributed by atoms with van der Waals surface area (Å²) in [7, 11) is 0. The number of hydrogen-bond donors (Lipinski definition) is 1. The van der Waals surface area contributed by atoms with E-state index >= 15 is 0 Å². The molecular formula is C17H14ClN5O5. The molecule has 28 heavy (non-hydrogen) atoms. The van der Waals surface area contributed by atoms with Gasteiger partial charge in [-0.2, -0.15) is 0 Å². The molecule has 0 spiro atoms. The van der Waals surface area contributed by atoms with E-state index in [4.69, 9.17) is 16.6 Å². The van der Waals surface area contributed by atoms with Crippen LogP contribution in [0.5, 0.6) is 17.2 Å². The number of ether oxygens (including phenoxy) is 1. The Labute approximate surface area is 164 Å². The molecule has 3 rings (SSSR count). The number of carbonyl (C=O) groups is 1. The first-order valence-corrected chi connectivity index (χ1v) is 8.19. The summed E-state index contributed by atoms with van der Waals surface area (Å²) >= 11 is 4.85. The Morgan fingerprint density at radius 3 is 2.43 bits per heavy atom. The van der Waals surface area contributed by atoms with Crippen molar-refractivity contribution in [2.75, 3.05) is 5.32 Å². The Kier molecular flexibility index (Phi) is 6.27. The van der Waals surface area contributed by atoms with Crippen LogP contribution in [0, 0.1) is 13.8 Å². The van der Waals surface area contributed by atoms with Gasteiger partial charge in [0.2, 0.25) is 0 Å². The predicted molar refractivity (Wildman–Crippen MR) is 96.7 cm³/mol. The first-order valence-electron chi connectivity index (χ1n) is 7.88. The first kappa shape index (κ1) is 19.4. The fourth-order valence-corrected chi connectivity index (χ4v) is 2.14. The molecule has 0 saturated carbocycles. The molecule has 0 radical (unpaired) electrons. The highest BCUT2D eigenvalue weighted by Crippen LogP contribution is 2.22. The summed E-state index contributed by atoms with van der Waals surface area (Å²) in [6.45, 7) is 3.52. The molecule has 0 aliphatic heterocycles. The third kappa shape index (κ3) is 5.33. The standard InChI is InChI=1S/C17H14ClN5O5/c1-10-5-13(25-14-8-19-11(2)20-9-14)6-15(22-10)17(24)23-16-4-3-12(7-21-16)26-28-27-18/h3-9H,1-2H3,(H,21,23,24). The number of carbonyl (C=O) groups excluding carboxylic acids is 1. The van der Waals surface area contributed by atoms with Crippen LogP contribution < -0.4 is 14.9 Å². The Hall–Kier alpha value is -3.34. The fourth-order valence-electron chi connectivity index (χ4n) is 2.12. The Bertz CT molecular complexity index is 953. The second-order valence-electron chi connectivity index (χ2n) is 5.45. The summed E-state index contributed by atoms with van der Waals surface area (Å²) in [6, 6.07) is 6.20. The van der Waals surface area contributed by atoms with Crippen LogP contribution in [-0.2, 0) is 9.48 Å². The van der Waals surface area contributed by atoms with Gasteiger partial charge in [-0.05, 0) is 26.0 Å². The maximum Gasteiger partial charge on any atom is 0.275 e. The first-order chi connectivity index (χ1) is 13.5. The monoisotopic (exact) mass is 403 g/mol. The van der Waals surface area contributed by atoms with E-state index in [-0.39, 0.29) is 17.3 Å². The third-order valence-corrected chi connectivity index (χ3v) is 3.34. The molecule has 0 aromatic carbocycles. The average molecular weight is 404 g/mol. The number of halogens is 1. The quantitative estimate of drug-likeness (QED) is 0.468. The summed E-state index contributed by atoms with van der Waals surface area (Å²) < 4.78 is 9.49. The van der Waals surface area contributed by atoms with Gasteiger partial charge in [-0.1, -0.05) is 4.44 Å². The van der Waals surface area contributed by atoms with E-state index in [1.54, 1.807) is 32.3 Å². The Morgan fingerprint density at radius 2 is 1.75 bits per heavy atom. The molecule has 0 unspecified atom stereocenters. The van der Waals surface area contributed by atoms with Gasteiger partial charge in [0, 0.05) is 22.9 Å². The van der Waals surface area contributed by atoms with E-state index in [0.717, 1.165) is 0 Å². The van der Waals surface area contributed by atoms with Crippen molar-refractivity contribution in [3.8, 4) is 17.2 Å². The molecule has 3 heterocycles. The maximum absolute atomic E-state index is 12.5. The predicted octanol–water partition coefficient (Wildman–Crippen LogP) is 3.32. The lowest BCUT2D eigenvalue weighted by atomic mass is 10.2. The second kappa shape index (κ2) is 9.04. The lowest BCUT2D eigenvalue weighted by Crippen LogP contribution is -2.15. The van der Waals surface area contributed by atoms with Crippen LogP contribution in [0.3, 0.4) is 0 Å². The average Bonchev–Trinajstić information content (AvgIpc) is 2.69. The summed E-state index contributed by atoms with van der Waals surface area (Å²) in [5.74, 6) is 1.55. The van der Waals surface area contributed by atoms with Gasteiger partial charge < -0.3 is 14.9 Å². The number of pyridine rings is 2. The van der Waals surface area contributed by atoms with Crippen LogP contribution in [0.25, 0.3) is 0 Å². The zero-order valence-corrected chi connectivity index (χ0v) is 15.5. The minimum Gasteiger partial charge on any atom is -0.454 e. The molecule has 0 aliphatic carbocycles. The summed E-state index contributed by atoms with van der Waals surface area (Å²) in [4.78, 5) is 33.5. The van der Waals surface area contributed by atoms with Crippen molar-refractivity contribution in [2.45, 2.75) is 13.8 Å². The SMILES string of the molecule is Cc1cc(Oc2cnc(C)nc2)cc(C(=O)Nc2ccc(OOOCl)cn2)n1. The second-order valence-corrected chi connectivity index (χ2v) is 5.57. The number of nitrogens with one attached hydrogen (secondary N) is 1. The van der Waals surface area contributed by atoms with Crippen molar-refractivity contribution in [1.82, 2.24) is 19.9 Å². The zero-order valence-electron chi connectivity index (χ0n) is 14.7. The van der Waals surface area contributed by atoms with Crippen LogP contribution in [0.4, 0.5) is 5.82 Å². The Balaban J connectivity index is 1.70. The highest BCUT2D eigenvalue weighted by Gasteiger charge is 2.12. The molecule has 3 aromatic heterocycles. The zero-order chi connectivity index (χ0) is 19.9. The van der Waals surface area contributed by atoms with Crippen molar-refractivity contribution < 1.29 is 23.9 Å². The van der Waals surface area contributed by atoms with Crippen molar-refractivity contribution in [3.05, 3.63) is 60.1 Å². The van der Waals surface area contributed by atoms with E-state index in [9.17, 15) is 4.79 Å². The van der Waals surface area contributed by atoms with E-state index in [2.05, 4.69) is 39.6 Å². The lowest BCUT2D eigenvalue weighted by Gasteiger charge is -2.09. The van der Waals surface area contributed by atoms with Gasteiger partial charge in [0.1, 0.15) is 35.0 Å². The van der Waals surface area contributed by atoms with Crippen LogP contribution in [0.1, 0.15) is 22.0 Å². The van der Waals surface area contributed by atoms with Gasteiger partial charge in [-0.15, -0.1) is 0 Å². The Morgan fingerprint density at radius 1 is 1.00 bits per heavy atom. The smallest absolute Gasteiger partial charge is 0.275 e. The van der Waals surface area contributed by atoms with E-state index < -0.39 is 5.91 Å². The van der Waals surface area contributed by atoms with Gasteiger partial charge in [0.25, 0.3) is 5.91 Å². The van der Waals surface area contributed by atoms with E-state index in [0.29, 0.717) is 23.0 Å². The van der Waals surface area contributed by atoms with Crippen molar-refractivity contribution in [1.29, 1.82) is 0 Å². The molecular weight excluding hydrogens is 390 g/mol. The van der Waals surface area contributed by atoms with E-state index in [1.165, 1.54) is 24.4 Å². The summed E-state index contributed by atoms with van der Waals surface area (Å²) in [5.41, 5.74) is 0.759. The minimum absolute atomic E-state index is 0.157. The molecule has 1 N–H and O–H groups in total. The summed E-state index contributed by atoms with van der Waals surface area (Å²) in [5, 5.41) is 6.72. The van der Waals surface area contributed by atoms with Crippen molar-refractivity contribution >= 4 is 23.6 Å². The van der Waals surface area contributed by atoms with Crippen molar-refractivity contribution in [2.24, 2.45) is 0 Å². The number of aromatic nitrogens is 4. The molecule has 11 heteroatoms. The molecule has 0 atom stereocenters. The van der Waals surface area contributed by atoms with Gasteiger partial charge in [0.05, 0.1) is 18.6 Å². The molecule has 1 amide bonds. The number of aryl methyl sites for hydroxylation is 2. The highest BCUT2D eigenvalue weighted by molar-refractivity contribution is 6.06. The molecule has 144 valence electrons. The molecule has 0 bridgehead atoms. The van der Waals surface area contributed by atoms with Crippen LogP contribution in [-0.4, -0.2) is 25.8 Å². The lowest BCUT2D eigenvalue weighted by molar-refractivity contribution is -0.411. The molecule has 0 saturated heterocycles. The normalized spacial score (nSPS) is 10.4. The largest absolute Gasteiger partial charge is 0.454 e. The number of hydrogen-bond acceptors (Lipinski definition) is 9. The number of nitrogens with zero attached hydrogens (tertiary/aromatic N) is 4. The fraction of sp³-hybridized carbons (Fsp3) is 0.118. The molecule has 0 aliphatic rings.